The molecule has 7 heteroatoms. The van der Waals surface area contributed by atoms with Crippen molar-refractivity contribution in [2.75, 3.05) is 5.32 Å². The molecule has 4 bridgehead atoms. The van der Waals surface area contributed by atoms with Crippen LogP contribution in [0.5, 0.6) is 0 Å². The topological polar surface area (TPSA) is 98.7 Å². The quantitative estimate of drug-likeness (QED) is 0.664. The van der Waals surface area contributed by atoms with Crippen LogP contribution >= 0.6 is 0 Å². The van der Waals surface area contributed by atoms with Gasteiger partial charge in [-0.2, -0.15) is 0 Å². The monoisotopic (exact) mass is 411 g/mol. The van der Waals surface area contributed by atoms with Crippen molar-refractivity contribution in [2.45, 2.75) is 70.1 Å². The Morgan fingerprint density at radius 2 is 1.77 bits per heavy atom. The van der Waals surface area contributed by atoms with Crippen molar-refractivity contribution in [3.05, 3.63) is 29.8 Å². The maximum Gasteiger partial charge on any atom is 0.325 e. The first-order chi connectivity index (χ1) is 14.1. The molecule has 5 fully saturated rings. The number of nitrogens with zero attached hydrogens (tertiary/aromatic N) is 1. The number of hydrogen-bond donors (Lipinski definition) is 3. The Labute approximate surface area is 176 Å². The van der Waals surface area contributed by atoms with Crippen molar-refractivity contribution in [2.24, 2.45) is 17.3 Å². The van der Waals surface area contributed by atoms with Crippen molar-refractivity contribution >= 4 is 23.5 Å². The SMILES string of the molecule is CC1(C)NC(=O)N(Cc2ccc(NC(=O)C34C[C@H]5C[C@@H](CC(O)(C5)C3)C4)cc2)C1=O. The Morgan fingerprint density at radius 3 is 2.30 bits per heavy atom. The summed E-state index contributed by atoms with van der Waals surface area (Å²) in [4.78, 5) is 38.8. The molecule has 6 rings (SSSR count). The maximum atomic E-state index is 13.2. The zero-order chi connectivity index (χ0) is 21.3. The molecule has 1 saturated heterocycles. The molecule has 4 aliphatic carbocycles. The largest absolute Gasteiger partial charge is 0.390 e. The first-order valence-electron chi connectivity index (χ1n) is 10.8. The second-order valence-corrected chi connectivity index (χ2v) is 10.6. The lowest BCUT2D eigenvalue weighted by Crippen LogP contribution is -2.59. The van der Waals surface area contributed by atoms with Gasteiger partial charge in [0.15, 0.2) is 0 Å². The molecule has 7 nitrogen and oxygen atoms in total. The molecule has 1 heterocycles. The van der Waals surface area contributed by atoms with E-state index in [1.807, 2.05) is 24.3 Å². The Balaban J connectivity index is 1.26. The van der Waals surface area contributed by atoms with Crippen LogP contribution in [0.15, 0.2) is 24.3 Å². The van der Waals surface area contributed by atoms with Gasteiger partial charge in [-0.1, -0.05) is 12.1 Å². The predicted molar refractivity (Wildman–Crippen MR) is 110 cm³/mol. The van der Waals surface area contributed by atoms with E-state index in [1.165, 1.54) is 4.90 Å². The van der Waals surface area contributed by atoms with Crippen molar-refractivity contribution < 1.29 is 19.5 Å². The lowest BCUT2D eigenvalue weighted by atomic mass is 9.47. The number of imide groups is 1. The fourth-order valence-corrected chi connectivity index (χ4v) is 6.58. The maximum absolute atomic E-state index is 13.2. The zero-order valence-electron chi connectivity index (χ0n) is 17.5. The molecular formula is C23H29N3O4. The minimum absolute atomic E-state index is 0.0126. The molecule has 5 aliphatic rings. The van der Waals surface area contributed by atoms with E-state index in [4.69, 9.17) is 0 Å². The fourth-order valence-electron chi connectivity index (χ4n) is 6.58. The fraction of sp³-hybridized carbons (Fsp3) is 0.609. The van der Waals surface area contributed by atoms with Gasteiger partial charge in [-0.05, 0) is 81.9 Å². The molecule has 0 radical (unpaired) electrons. The van der Waals surface area contributed by atoms with E-state index >= 15 is 0 Å². The molecule has 3 N–H and O–H groups in total. The predicted octanol–water partition coefficient (Wildman–Crippen LogP) is 2.79. The van der Waals surface area contributed by atoms with Gasteiger partial charge >= 0.3 is 6.03 Å². The van der Waals surface area contributed by atoms with Crippen molar-refractivity contribution in [3.8, 4) is 0 Å². The second-order valence-electron chi connectivity index (χ2n) is 10.6. The van der Waals surface area contributed by atoms with Crippen molar-refractivity contribution in [3.63, 3.8) is 0 Å². The van der Waals surface area contributed by atoms with E-state index < -0.39 is 16.6 Å². The molecule has 2 atom stereocenters. The van der Waals surface area contributed by atoms with Crippen LogP contribution in [-0.2, 0) is 16.1 Å². The number of aliphatic hydroxyl groups is 1. The smallest absolute Gasteiger partial charge is 0.325 e. The van der Waals surface area contributed by atoms with E-state index in [2.05, 4.69) is 10.6 Å². The number of urea groups is 1. The van der Waals surface area contributed by atoms with Gasteiger partial charge in [0.25, 0.3) is 5.91 Å². The third kappa shape index (κ3) is 3.11. The van der Waals surface area contributed by atoms with E-state index in [0.717, 1.165) is 37.7 Å². The first kappa shape index (κ1) is 19.5. The van der Waals surface area contributed by atoms with Gasteiger partial charge in [-0.3, -0.25) is 14.5 Å². The lowest BCUT2D eigenvalue weighted by Gasteiger charge is -2.59. The summed E-state index contributed by atoms with van der Waals surface area (Å²) >= 11 is 0. The van der Waals surface area contributed by atoms with Gasteiger partial charge in [-0.15, -0.1) is 0 Å². The van der Waals surface area contributed by atoms with Gasteiger partial charge in [0.1, 0.15) is 5.54 Å². The number of anilines is 1. The minimum atomic E-state index is -0.882. The molecule has 30 heavy (non-hydrogen) atoms. The van der Waals surface area contributed by atoms with Gasteiger partial charge in [0.05, 0.1) is 17.6 Å². The van der Waals surface area contributed by atoms with Crippen LogP contribution in [0, 0.1) is 17.3 Å². The highest BCUT2D eigenvalue weighted by Crippen LogP contribution is 2.61. The van der Waals surface area contributed by atoms with Gasteiger partial charge in [0, 0.05) is 5.69 Å². The summed E-state index contributed by atoms with van der Waals surface area (Å²) in [7, 11) is 0. The third-order valence-corrected chi connectivity index (χ3v) is 7.51. The summed E-state index contributed by atoms with van der Waals surface area (Å²) in [5.41, 5.74) is -0.486. The Kier molecular flexibility index (Phi) is 4.10. The lowest BCUT2D eigenvalue weighted by molar-refractivity contribution is -0.174. The van der Waals surface area contributed by atoms with Crippen LogP contribution in [0.2, 0.25) is 0 Å². The summed E-state index contributed by atoms with van der Waals surface area (Å²) in [6.07, 6.45) is 5.14. The molecule has 0 spiro atoms. The number of rotatable bonds is 4. The summed E-state index contributed by atoms with van der Waals surface area (Å²) in [6, 6.07) is 6.89. The normalized spacial score (nSPS) is 36.2. The first-order valence-corrected chi connectivity index (χ1v) is 10.8. The summed E-state index contributed by atoms with van der Waals surface area (Å²) < 4.78 is 0. The van der Waals surface area contributed by atoms with Crippen LogP contribution in [0.25, 0.3) is 0 Å². The number of benzene rings is 1. The average Bonchev–Trinajstić information content (AvgIpc) is 2.83. The molecule has 4 amide bonds. The second kappa shape index (κ2) is 6.30. The van der Waals surface area contributed by atoms with Gasteiger partial charge in [-0.25, -0.2) is 4.79 Å². The highest BCUT2D eigenvalue weighted by molar-refractivity contribution is 6.06. The Bertz CT molecular complexity index is 909. The Hall–Kier alpha value is -2.41. The molecule has 4 saturated carbocycles. The molecule has 1 aromatic carbocycles. The highest BCUT2D eigenvalue weighted by Gasteiger charge is 2.60. The number of nitrogens with one attached hydrogen (secondary N) is 2. The van der Waals surface area contributed by atoms with E-state index in [-0.39, 0.29) is 24.4 Å². The standard InChI is InChI=1S/C23H29N3O4/c1-21(2)19(28)26(20(29)25-21)12-14-3-5-17(6-4-14)24-18(27)22-8-15-7-16(9-22)11-23(30,10-15)13-22/h3-6,15-16,30H,7-13H2,1-2H3,(H,24,27)(H,25,29)/t15-,16-,22?,23?/m1/s1. The molecule has 160 valence electrons. The van der Waals surface area contributed by atoms with Crippen LogP contribution in [-0.4, -0.2) is 39.0 Å². The summed E-state index contributed by atoms with van der Waals surface area (Å²) in [5.74, 6) is 0.679. The van der Waals surface area contributed by atoms with Crippen molar-refractivity contribution in [1.29, 1.82) is 0 Å². The van der Waals surface area contributed by atoms with E-state index in [1.54, 1.807) is 13.8 Å². The number of carbonyl (C=O) groups is 3. The van der Waals surface area contributed by atoms with Crippen LogP contribution < -0.4 is 10.6 Å². The van der Waals surface area contributed by atoms with Crippen LogP contribution in [0.4, 0.5) is 10.5 Å². The Morgan fingerprint density at radius 1 is 1.13 bits per heavy atom. The number of hydrogen-bond acceptors (Lipinski definition) is 4. The summed E-state index contributed by atoms with van der Waals surface area (Å²) in [6.45, 7) is 3.57. The third-order valence-electron chi connectivity index (χ3n) is 7.51. The van der Waals surface area contributed by atoms with Crippen LogP contribution in [0.1, 0.15) is 57.9 Å². The number of carbonyl (C=O) groups excluding carboxylic acids is 3. The van der Waals surface area contributed by atoms with E-state index in [0.29, 0.717) is 23.9 Å². The van der Waals surface area contributed by atoms with Gasteiger partial charge in [0.2, 0.25) is 5.91 Å². The molecule has 1 aromatic rings. The number of amides is 4. The van der Waals surface area contributed by atoms with E-state index in [9.17, 15) is 19.5 Å². The van der Waals surface area contributed by atoms with Crippen LogP contribution in [0.3, 0.4) is 0 Å². The summed E-state index contributed by atoms with van der Waals surface area (Å²) in [5, 5.41) is 16.6. The average molecular weight is 412 g/mol. The van der Waals surface area contributed by atoms with Crippen molar-refractivity contribution in [1.82, 2.24) is 10.2 Å². The van der Waals surface area contributed by atoms with Gasteiger partial charge < -0.3 is 15.7 Å². The molecule has 0 aromatic heterocycles. The molecular weight excluding hydrogens is 382 g/mol. The highest BCUT2D eigenvalue weighted by atomic mass is 16.3. The zero-order valence-corrected chi connectivity index (χ0v) is 17.5. The molecule has 1 aliphatic heterocycles. The minimum Gasteiger partial charge on any atom is -0.390 e. The molecule has 0 unspecified atom stereocenters.